The van der Waals surface area contributed by atoms with Gasteiger partial charge in [-0.15, -0.1) is 6.58 Å². The number of rotatable bonds is 9. The van der Waals surface area contributed by atoms with Crippen LogP contribution in [0.3, 0.4) is 0 Å². The molecular weight excluding hydrogens is 432 g/mol. The molecule has 0 spiro atoms. The van der Waals surface area contributed by atoms with Gasteiger partial charge in [0.2, 0.25) is 0 Å². The van der Waals surface area contributed by atoms with Crippen LogP contribution in [0.4, 0.5) is 13.6 Å². The molecule has 1 amide bonds. The van der Waals surface area contributed by atoms with E-state index in [1.807, 2.05) is 6.07 Å². The molecule has 0 radical (unpaired) electrons. The number of benzene rings is 2. The minimum absolute atomic E-state index is 0.0253. The lowest BCUT2D eigenvalue weighted by molar-refractivity contribution is -0.145. The highest BCUT2D eigenvalue weighted by Crippen LogP contribution is 2.31. The molecule has 0 aliphatic heterocycles. The van der Waals surface area contributed by atoms with Crippen LogP contribution in [0.1, 0.15) is 31.0 Å². The Morgan fingerprint density at radius 1 is 1.15 bits per heavy atom. The average Bonchev–Trinajstić information content (AvgIpc) is 3.28. The Morgan fingerprint density at radius 2 is 1.82 bits per heavy atom. The van der Waals surface area contributed by atoms with E-state index in [1.165, 1.54) is 24.5 Å². The van der Waals surface area contributed by atoms with Crippen LogP contribution in [0.2, 0.25) is 0 Å². The second-order valence-electron chi connectivity index (χ2n) is 7.60. The second-order valence-corrected chi connectivity index (χ2v) is 7.60. The van der Waals surface area contributed by atoms with Crippen molar-refractivity contribution in [2.75, 3.05) is 0 Å². The van der Waals surface area contributed by atoms with Gasteiger partial charge in [0.1, 0.15) is 6.61 Å². The summed E-state index contributed by atoms with van der Waals surface area (Å²) in [6.45, 7) is 2.66. The van der Waals surface area contributed by atoms with E-state index in [1.54, 1.807) is 43.3 Å². The Morgan fingerprint density at radius 3 is 2.36 bits per heavy atom. The number of nitrogens with one attached hydrogen (secondary N) is 1. The summed E-state index contributed by atoms with van der Waals surface area (Å²) < 4.78 is 31.3. The Balaban J connectivity index is 1.86. The monoisotopic (exact) mass is 455 g/mol. The quantitative estimate of drug-likeness (QED) is 0.437. The van der Waals surface area contributed by atoms with Crippen LogP contribution < -0.4 is 5.32 Å². The molecule has 0 saturated heterocycles. The lowest BCUT2D eigenvalue weighted by Gasteiger charge is -2.31. The lowest BCUT2D eigenvalue weighted by atomic mass is 9.83. The van der Waals surface area contributed by atoms with Gasteiger partial charge in [0.15, 0.2) is 5.54 Å². The van der Waals surface area contributed by atoms with Crippen molar-refractivity contribution >= 4 is 12.1 Å². The number of carboxylic acid groups (broad SMARTS) is 1. The molecule has 0 aliphatic rings. The fourth-order valence-corrected chi connectivity index (χ4v) is 3.40. The third-order valence-corrected chi connectivity index (χ3v) is 4.97. The van der Waals surface area contributed by atoms with E-state index in [0.29, 0.717) is 21.4 Å². The Labute approximate surface area is 189 Å². The molecule has 2 aromatic carbocycles. The number of aliphatic carboxylic acids is 1. The summed E-state index contributed by atoms with van der Waals surface area (Å²) >= 11 is 0. The van der Waals surface area contributed by atoms with Crippen molar-refractivity contribution in [1.82, 2.24) is 15.1 Å². The van der Waals surface area contributed by atoms with Gasteiger partial charge in [0, 0.05) is 18.2 Å². The zero-order chi connectivity index (χ0) is 24.0. The molecule has 3 rings (SSSR count). The molecule has 0 saturated carbocycles. The lowest BCUT2D eigenvalue weighted by Crippen LogP contribution is -2.52. The fraction of sp³-hybridized carbons (Fsp3) is 0.208. The van der Waals surface area contributed by atoms with Gasteiger partial charge < -0.3 is 15.2 Å². The predicted octanol–water partition coefficient (Wildman–Crippen LogP) is 5.12. The molecule has 0 fully saturated rings. The molecule has 33 heavy (non-hydrogen) atoms. The van der Waals surface area contributed by atoms with Gasteiger partial charge in [-0.25, -0.2) is 14.3 Å². The molecule has 172 valence electrons. The van der Waals surface area contributed by atoms with Gasteiger partial charge in [-0.3, -0.25) is 0 Å². The number of hydrogen-bond acceptors (Lipinski definition) is 4. The first-order chi connectivity index (χ1) is 15.7. The first-order valence-electron chi connectivity index (χ1n) is 10.0. The van der Waals surface area contributed by atoms with E-state index >= 15 is 0 Å². The van der Waals surface area contributed by atoms with Crippen LogP contribution in [0.15, 0.2) is 79.1 Å². The summed E-state index contributed by atoms with van der Waals surface area (Å²) in [6, 6.07) is 15.2. The smallest absolute Gasteiger partial charge is 0.408 e. The zero-order valence-corrected chi connectivity index (χ0v) is 17.9. The van der Waals surface area contributed by atoms with Gasteiger partial charge in [-0.2, -0.15) is 13.9 Å². The number of nitrogens with zero attached hydrogens (tertiary/aromatic N) is 2. The zero-order valence-electron chi connectivity index (χ0n) is 17.9. The maximum atomic E-state index is 12.8. The number of carboxylic acids is 1. The van der Waals surface area contributed by atoms with Crippen LogP contribution in [0.5, 0.6) is 0 Å². The first kappa shape index (κ1) is 23.6. The highest BCUT2D eigenvalue weighted by Gasteiger charge is 2.42. The number of ether oxygens (including phenoxy) is 1. The van der Waals surface area contributed by atoms with Crippen LogP contribution in [-0.2, 0) is 21.7 Å². The number of hydrogen-bond donors (Lipinski definition) is 2. The Kier molecular flexibility index (Phi) is 7.22. The fourth-order valence-electron chi connectivity index (χ4n) is 3.40. The summed E-state index contributed by atoms with van der Waals surface area (Å²) in [5.41, 5.74) is 0.736. The molecule has 0 aliphatic carbocycles. The molecule has 1 heterocycles. The van der Waals surface area contributed by atoms with Crippen LogP contribution in [-0.4, -0.2) is 26.9 Å². The number of carbonyl (C=O) groups is 2. The van der Waals surface area contributed by atoms with Crippen molar-refractivity contribution < 1.29 is 28.2 Å². The van der Waals surface area contributed by atoms with Gasteiger partial charge in [0.05, 0.1) is 6.20 Å². The Hall–Kier alpha value is -4.01. The van der Waals surface area contributed by atoms with E-state index in [2.05, 4.69) is 17.0 Å². The number of aromatic nitrogens is 2. The molecular formula is C24H23F2N3O4. The Bertz CT molecular complexity index is 1130. The number of carbonyl (C=O) groups excluding carboxylic acids is 1. The molecule has 1 atom stereocenters. The van der Waals surface area contributed by atoms with E-state index < -0.39 is 24.2 Å². The van der Waals surface area contributed by atoms with Gasteiger partial charge in [-0.05, 0) is 23.6 Å². The minimum Gasteiger partial charge on any atom is -0.479 e. The van der Waals surface area contributed by atoms with E-state index in [4.69, 9.17) is 4.74 Å². The topological polar surface area (TPSA) is 93.4 Å². The highest BCUT2D eigenvalue weighted by molar-refractivity contribution is 5.86. The van der Waals surface area contributed by atoms with Gasteiger partial charge in [0.25, 0.3) is 0 Å². The molecule has 2 N–H and O–H groups in total. The standard InChI is InChI=1S/C24H23F2N3O4/c1-16(2)12-24(21(30)31,28-23(32)33-15-17-6-4-3-5-7-17)20-10-8-18(9-11-20)19-13-27-29(14-19)22(25)26/h3-11,13-14,22H,1,12,15H2,2H3,(H,28,32)(H,30,31)/t24-/m1/s1. The summed E-state index contributed by atoms with van der Waals surface area (Å²) in [7, 11) is 0. The van der Waals surface area contributed by atoms with Gasteiger partial charge >= 0.3 is 18.6 Å². The SMILES string of the molecule is C=C(C)C[C@](NC(=O)OCc1ccccc1)(C(=O)O)c1ccc(-c2cnn(C(F)F)c2)cc1. The van der Waals surface area contributed by atoms with Crippen molar-refractivity contribution in [2.24, 2.45) is 0 Å². The van der Waals surface area contributed by atoms with E-state index in [0.717, 1.165) is 5.56 Å². The minimum atomic E-state index is -2.76. The third kappa shape index (κ3) is 5.62. The maximum Gasteiger partial charge on any atom is 0.408 e. The molecule has 9 heteroatoms. The van der Waals surface area contributed by atoms with Crippen molar-refractivity contribution in [1.29, 1.82) is 0 Å². The average molecular weight is 455 g/mol. The number of amides is 1. The number of alkyl carbamates (subject to hydrolysis) is 1. The van der Waals surface area contributed by atoms with E-state index in [9.17, 15) is 23.5 Å². The van der Waals surface area contributed by atoms with Crippen LogP contribution >= 0.6 is 0 Å². The van der Waals surface area contributed by atoms with Crippen molar-refractivity contribution in [2.45, 2.75) is 32.0 Å². The van der Waals surface area contributed by atoms with Crippen molar-refractivity contribution in [3.8, 4) is 11.1 Å². The normalized spacial score (nSPS) is 12.7. The summed E-state index contributed by atoms with van der Waals surface area (Å²) in [5, 5.41) is 16.2. The van der Waals surface area contributed by atoms with Crippen LogP contribution in [0, 0.1) is 0 Å². The largest absolute Gasteiger partial charge is 0.479 e. The number of alkyl halides is 2. The predicted molar refractivity (Wildman–Crippen MR) is 117 cm³/mol. The molecule has 1 aromatic heterocycles. The highest BCUT2D eigenvalue weighted by atomic mass is 19.3. The first-order valence-corrected chi connectivity index (χ1v) is 10.0. The maximum absolute atomic E-state index is 12.8. The molecule has 7 nitrogen and oxygen atoms in total. The van der Waals surface area contributed by atoms with Gasteiger partial charge in [-0.1, -0.05) is 60.2 Å². The second kappa shape index (κ2) is 10.1. The number of halogens is 2. The van der Waals surface area contributed by atoms with Crippen LogP contribution in [0.25, 0.3) is 11.1 Å². The summed E-state index contributed by atoms with van der Waals surface area (Å²) in [4.78, 5) is 24.9. The van der Waals surface area contributed by atoms with Crippen molar-refractivity contribution in [3.63, 3.8) is 0 Å². The summed E-state index contributed by atoms with van der Waals surface area (Å²) in [6.07, 6.45) is 1.51. The third-order valence-electron chi connectivity index (χ3n) is 4.97. The van der Waals surface area contributed by atoms with Crippen molar-refractivity contribution in [3.05, 3.63) is 90.3 Å². The molecule has 0 bridgehead atoms. The molecule has 3 aromatic rings. The van der Waals surface area contributed by atoms with E-state index in [-0.39, 0.29) is 18.6 Å². The molecule has 0 unspecified atom stereocenters. The summed E-state index contributed by atoms with van der Waals surface area (Å²) in [5.74, 6) is -1.29.